The number of ketones is 1. The van der Waals surface area contributed by atoms with Crippen molar-refractivity contribution in [3.05, 3.63) is 0 Å². The Morgan fingerprint density at radius 1 is 1.69 bits per heavy atom. The van der Waals surface area contributed by atoms with Crippen LogP contribution in [0.1, 0.15) is 33.1 Å². The Morgan fingerprint density at radius 3 is 2.92 bits per heavy atom. The number of esters is 1. The Morgan fingerprint density at radius 2 is 2.38 bits per heavy atom. The molecule has 1 aliphatic rings. The van der Waals surface area contributed by atoms with E-state index in [0.717, 1.165) is 6.42 Å². The average Bonchev–Trinajstić information content (AvgIpc) is 2.04. The number of carbonyl (C=O) groups excluding carboxylic acids is 2. The Hall–Kier alpha value is -0.860. The molecule has 3 heteroatoms. The van der Waals surface area contributed by atoms with Crippen molar-refractivity contribution in [3.63, 3.8) is 0 Å². The second-order valence-corrected chi connectivity index (χ2v) is 3.64. The van der Waals surface area contributed by atoms with Crippen LogP contribution in [0.3, 0.4) is 0 Å². The summed E-state index contributed by atoms with van der Waals surface area (Å²) >= 11 is 0. The molecule has 0 spiro atoms. The molecule has 1 fully saturated rings. The van der Waals surface area contributed by atoms with Crippen LogP contribution in [0.2, 0.25) is 0 Å². The predicted octanol–water partition coefficient (Wildman–Crippen LogP) is 1.53. The molecule has 1 N–H and O–H groups in total. The van der Waals surface area contributed by atoms with E-state index < -0.39 is 0 Å². The maximum atomic E-state index is 11.1. The fraction of sp³-hybridized carbons (Fsp3) is 0.800. The van der Waals surface area contributed by atoms with E-state index >= 15 is 0 Å². The lowest BCUT2D eigenvalue weighted by atomic mass is 9.80. The van der Waals surface area contributed by atoms with Crippen molar-refractivity contribution in [2.75, 3.05) is 6.61 Å². The van der Waals surface area contributed by atoms with Crippen LogP contribution in [0.4, 0.5) is 0 Å². The van der Waals surface area contributed by atoms with Crippen LogP contribution in [-0.4, -0.2) is 23.2 Å². The van der Waals surface area contributed by atoms with Crippen molar-refractivity contribution in [1.82, 2.24) is 0 Å². The van der Waals surface area contributed by atoms with Gasteiger partial charge in [-0.05, 0) is 19.3 Å². The molecule has 1 rings (SSSR count). The standard InChI is InChI=1S/C10H16O3/c1-3-13-10(12)9-5-4-8(11)6-7(9)2/h7,9H,3-6H2,1-2H3/p+1/t7-,9-/m0/s1. The molecule has 2 atom stereocenters. The average molecular weight is 185 g/mol. The third-order valence-corrected chi connectivity index (χ3v) is 2.58. The molecule has 0 unspecified atom stereocenters. The third kappa shape index (κ3) is 2.54. The SMILES string of the molecule is CCOC(=[OH+])[C@H]1CCC(=O)C[C@@H]1C. The Kier molecular flexibility index (Phi) is 3.46. The lowest BCUT2D eigenvalue weighted by Crippen LogP contribution is -2.30. The van der Waals surface area contributed by atoms with Gasteiger partial charge in [-0.2, -0.15) is 0 Å². The van der Waals surface area contributed by atoms with Crippen molar-refractivity contribution in [1.29, 1.82) is 0 Å². The van der Waals surface area contributed by atoms with Crippen LogP contribution in [0.25, 0.3) is 0 Å². The highest BCUT2D eigenvalue weighted by Crippen LogP contribution is 2.28. The smallest absolute Gasteiger partial charge is 0.339 e. The Bertz CT molecular complexity index is 210. The number of rotatable bonds is 2. The molecule has 0 radical (unpaired) electrons. The summed E-state index contributed by atoms with van der Waals surface area (Å²) in [5.41, 5.74) is 0. The zero-order chi connectivity index (χ0) is 9.84. The molecule has 1 aliphatic carbocycles. The summed E-state index contributed by atoms with van der Waals surface area (Å²) in [6.45, 7) is 4.31. The van der Waals surface area contributed by atoms with Gasteiger partial charge in [0.05, 0.1) is 0 Å². The monoisotopic (exact) mass is 185 g/mol. The topological polar surface area (TPSA) is 47.7 Å². The van der Waals surface area contributed by atoms with Gasteiger partial charge in [-0.1, -0.05) is 6.92 Å². The molecule has 0 saturated heterocycles. The molecule has 1 saturated carbocycles. The van der Waals surface area contributed by atoms with E-state index in [9.17, 15) is 9.59 Å². The number of ether oxygens (including phenoxy) is 1. The van der Waals surface area contributed by atoms with Crippen LogP contribution in [-0.2, 0) is 9.53 Å². The number of Topliss-reactive ketones (excluding diaryl/α,β-unsaturated/α-hetero) is 1. The maximum absolute atomic E-state index is 11.1. The zero-order valence-electron chi connectivity index (χ0n) is 8.25. The molecule has 0 amide bonds. The zero-order valence-corrected chi connectivity index (χ0v) is 8.25. The lowest BCUT2D eigenvalue weighted by Gasteiger charge is -2.22. The van der Waals surface area contributed by atoms with Gasteiger partial charge in [-0.3, -0.25) is 4.79 Å². The van der Waals surface area contributed by atoms with E-state index in [1.807, 2.05) is 13.8 Å². The van der Waals surface area contributed by atoms with E-state index in [1.54, 1.807) is 0 Å². The van der Waals surface area contributed by atoms with Crippen molar-refractivity contribution < 1.29 is 14.3 Å². The molecule has 0 aliphatic heterocycles. The fourth-order valence-corrected chi connectivity index (χ4v) is 1.83. The van der Waals surface area contributed by atoms with Crippen molar-refractivity contribution in [2.24, 2.45) is 11.8 Å². The predicted molar refractivity (Wildman–Crippen MR) is 50.1 cm³/mol. The van der Waals surface area contributed by atoms with Crippen LogP contribution >= 0.6 is 0 Å². The van der Waals surface area contributed by atoms with Gasteiger partial charge in [0.1, 0.15) is 11.7 Å². The first-order valence-corrected chi connectivity index (χ1v) is 4.85. The first-order valence-electron chi connectivity index (χ1n) is 4.85. The third-order valence-electron chi connectivity index (χ3n) is 2.58. The normalized spacial score (nSPS) is 28.6. The van der Waals surface area contributed by atoms with Crippen LogP contribution in [0, 0.1) is 11.8 Å². The summed E-state index contributed by atoms with van der Waals surface area (Å²) < 4.78 is 5.05. The number of hydrogen-bond donors (Lipinski definition) is 0. The molecule has 3 nitrogen and oxygen atoms in total. The molecule has 0 aromatic heterocycles. The molecule has 13 heavy (non-hydrogen) atoms. The second-order valence-electron chi connectivity index (χ2n) is 3.64. The minimum absolute atomic E-state index is 0.0534. The van der Waals surface area contributed by atoms with E-state index in [0.29, 0.717) is 25.2 Å². The van der Waals surface area contributed by atoms with Crippen molar-refractivity contribution in [3.8, 4) is 0 Å². The molecule has 0 heterocycles. The summed E-state index contributed by atoms with van der Waals surface area (Å²) in [5.74, 6) is 0.681. The van der Waals surface area contributed by atoms with E-state index in [2.05, 4.69) is 0 Å². The summed E-state index contributed by atoms with van der Waals surface area (Å²) in [7, 11) is 0. The van der Waals surface area contributed by atoms with Gasteiger partial charge in [0, 0.05) is 12.8 Å². The number of hydrogen-bond acceptors (Lipinski definition) is 2. The van der Waals surface area contributed by atoms with Gasteiger partial charge < -0.3 is 9.53 Å². The van der Waals surface area contributed by atoms with E-state index in [1.165, 1.54) is 0 Å². The Balaban J connectivity index is 2.50. The summed E-state index contributed by atoms with van der Waals surface area (Å²) in [6, 6.07) is 0. The summed E-state index contributed by atoms with van der Waals surface area (Å²) in [5, 5.41) is 0. The fourth-order valence-electron chi connectivity index (χ4n) is 1.83. The largest absolute Gasteiger partial charge is 0.486 e. The van der Waals surface area contributed by atoms with Gasteiger partial charge >= 0.3 is 5.97 Å². The lowest BCUT2D eigenvalue weighted by molar-refractivity contribution is -0.121. The van der Waals surface area contributed by atoms with E-state index in [4.69, 9.17) is 4.74 Å². The van der Waals surface area contributed by atoms with Crippen molar-refractivity contribution in [2.45, 2.75) is 33.1 Å². The van der Waals surface area contributed by atoms with Crippen LogP contribution in [0.5, 0.6) is 0 Å². The number of carbonyl (C=O) groups is 1. The molecule has 0 aromatic rings. The van der Waals surface area contributed by atoms with Gasteiger partial charge in [-0.15, -0.1) is 0 Å². The van der Waals surface area contributed by atoms with Crippen LogP contribution in [0.15, 0.2) is 0 Å². The highest BCUT2D eigenvalue weighted by Gasteiger charge is 2.36. The minimum Gasteiger partial charge on any atom is -0.339 e. The van der Waals surface area contributed by atoms with Gasteiger partial charge in [0.2, 0.25) is 0 Å². The molecule has 0 aromatic carbocycles. The van der Waals surface area contributed by atoms with Gasteiger partial charge in [-0.25, -0.2) is 0 Å². The molecule has 0 bridgehead atoms. The second kappa shape index (κ2) is 4.40. The van der Waals surface area contributed by atoms with Crippen LogP contribution < -0.4 is 0 Å². The highest BCUT2D eigenvalue weighted by molar-refractivity contribution is 5.83. The summed E-state index contributed by atoms with van der Waals surface area (Å²) in [6.07, 6.45) is 1.87. The molecule has 74 valence electrons. The Labute approximate surface area is 78.5 Å². The first-order chi connectivity index (χ1) is 6.15. The van der Waals surface area contributed by atoms with Gasteiger partial charge in [0.25, 0.3) is 0 Å². The van der Waals surface area contributed by atoms with Crippen molar-refractivity contribution >= 4 is 11.8 Å². The van der Waals surface area contributed by atoms with E-state index in [-0.39, 0.29) is 17.8 Å². The summed E-state index contributed by atoms with van der Waals surface area (Å²) in [4.78, 5) is 20.6. The molecular formula is C10H17O3+. The minimum atomic E-state index is 0.0534. The highest BCUT2D eigenvalue weighted by atomic mass is 16.5. The molecular weight excluding hydrogens is 168 g/mol. The van der Waals surface area contributed by atoms with Gasteiger partial charge in [0.15, 0.2) is 6.61 Å². The quantitative estimate of drug-likeness (QED) is 0.484. The maximum Gasteiger partial charge on any atom is 0.486 e. The first kappa shape index (κ1) is 10.2.